The zero-order valence-corrected chi connectivity index (χ0v) is 14.3. The summed E-state index contributed by atoms with van der Waals surface area (Å²) in [6.45, 7) is 2.99. The average molecular weight is 373 g/mol. The molecule has 4 heteroatoms. The zero-order valence-electron chi connectivity index (χ0n) is 11.2. The lowest BCUT2D eigenvalue weighted by Crippen LogP contribution is -2.23. The summed E-state index contributed by atoms with van der Waals surface area (Å²) in [6.07, 6.45) is 0.801. The third-order valence-corrected chi connectivity index (χ3v) is 4.77. The summed E-state index contributed by atoms with van der Waals surface area (Å²) >= 11 is 16.0. The van der Waals surface area contributed by atoms with Crippen LogP contribution in [0.25, 0.3) is 0 Å². The van der Waals surface area contributed by atoms with E-state index in [1.807, 2.05) is 30.3 Å². The van der Waals surface area contributed by atoms with Crippen LogP contribution in [-0.4, -0.2) is 6.54 Å². The first kappa shape index (κ1) is 15.8. The lowest BCUT2D eigenvalue weighted by molar-refractivity contribution is 0.548. The lowest BCUT2D eigenvalue weighted by atomic mass is 9.99. The highest BCUT2D eigenvalue weighted by Gasteiger charge is 2.16. The number of rotatable bonds is 5. The van der Waals surface area contributed by atoms with E-state index in [9.17, 15) is 0 Å². The van der Waals surface area contributed by atoms with Gasteiger partial charge in [0.25, 0.3) is 0 Å². The lowest BCUT2D eigenvalue weighted by Gasteiger charge is -2.20. The molecule has 1 atom stereocenters. The number of likely N-dealkylation sites (N-methyl/N-ethyl adjacent to an activating group) is 1. The number of hydrogen-bond acceptors (Lipinski definition) is 1. The summed E-state index contributed by atoms with van der Waals surface area (Å²) < 4.78 is 1.10. The standard InChI is InChI=1S/C16H16BrCl2N/c1-2-20-15(12-7-3-4-8-13(12)17)10-11-6-5-9-14(18)16(11)19/h3-9,15,20H,2,10H2,1H3. The van der Waals surface area contributed by atoms with Crippen molar-refractivity contribution in [2.24, 2.45) is 0 Å². The summed E-state index contributed by atoms with van der Waals surface area (Å²) in [5, 5.41) is 4.75. The highest BCUT2D eigenvalue weighted by molar-refractivity contribution is 9.10. The highest BCUT2D eigenvalue weighted by atomic mass is 79.9. The minimum atomic E-state index is 0.201. The second-order valence-electron chi connectivity index (χ2n) is 4.55. The van der Waals surface area contributed by atoms with Crippen LogP contribution < -0.4 is 5.32 Å². The molecule has 0 aromatic heterocycles. The Morgan fingerprint density at radius 3 is 2.55 bits per heavy atom. The number of benzene rings is 2. The van der Waals surface area contributed by atoms with Crippen molar-refractivity contribution in [1.29, 1.82) is 0 Å². The van der Waals surface area contributed by atoms with Gasteiger partial charge in [-0.05, 0) is 36.2 Å². The van der Waals surface area contributed by atoms with E-state index >= 15 is 0 Å². The van der Waals surface area contributed by atoms with Crippen LogP contribution in [0, 0.1) is 0 Å². The topological polar surface area (TPSA) is 12.0 Å². The summed E-state index contributed by atoms with van der Waals surface area (Å²) in [7, 11) is 0. The van der Waals surface area contributed by atoms with Crippen molar-refractivity contribution in [2.45, 2.75) is 19.4 Å². The third kappa shape index (κ3) is 3.76. The molecule has 0 aliphatic carbocycles. The van der Waals surface area contributed by atoms with E-state index in [1.165, 1.54) is 5.56 Å². The SMILES string of the molecule is CCNC(Cc1cccc(Cl)c1Cl)c1ccccc1Br. The summed E-state index contributed by atoms with van der Waals surface area (Å²) in [5.74, 6) is 0. The normalized spacial score (nSPS) is 12.4. The van der Waals surface area contributed by atoms with Crippen LogP contribution in [0.5, 0.6) is 0 Å². The molecular weight excluding hydrogens is 357 g/mol. The van der Waals surface area contributed by atoms with Gasteiger partial charge >= 0.3 is 0 Å². The van der Waals surface area contributed by atoms with E-state index in [1.54, 1.807) is 0 Å². The second kappa shape index (κ2) is 7.46. The Balaban J connectivity index is 2.31. The predicted octanol–water partition coefficient (Wildman–Crippen LogP) is 5.65. The minimum Gasteiger partial charge on any atom is -0.310 e. The molecule has 20 heavy (non-hydrogen) atoms. The maximum Gasteiger partial charge on any atom is 0.0624 e. The van der Waals surface area contributed by atoms with Crippen LogP contribution in [0.4, 0.5) is 0 Å². The molecule has 0 saturated heterocycles. The fourth-order valence-electron chi connectivity index (χ4n) is 2.22. The summed E-state index contributed by atoms with van der Waals surface area (Å²) in [6, 6.07) is 14.2. The first-order valence-electron chi connectivity index (χ1n) is 6.54. The van der Waals surface area contributed by atoms with Gasteiger partial charge in [-0.1, -0.05) is 76.4 Å². The van der Waals surface area contributed by atoms with E-state index in [0.29, 0.717) is 10.0 Å². The van der Waals surface area contributed by atoms with Gasteiger partial charge in [0, 0.05) is 10.5 Å². The highest BCUT2D eigenvalue weighted by Crippen LogP contribution is 2.31. The molecule has 2 aromatic rings. The van der Waals surface area contributed by atoms with Gasteiger partial charge in [-0.25, -0.2) is 0 Å². The maximum atomic E-state index is 6.29. The van der Waals surface area contributed by atoms with Crippen LogP contribution >= 0.6 is 39.1 Å². The molecule has 0 spiro atoms. The fourth-order valence-corrected chi connectivity index (χ4v) is 3.18. The molecule has 0 amide bonds. The first-order valence-corrected chi connectivity index (χ1v) is 8.09. The van der Waals surface area contributed by atoms with Gasteiger partial charge in [0.15, 0.2) is 0 Å². The predicted molar refractivity (Wildman–Crippen MR) is 90.7 cm³/mol. The molecule has 0 aliphatic heterocycles. The molecule has 106 valence electrons. The third-order valence-electron chi connectivity index (χ3n) is 3.19. The largest absolute Gasteiger partial charge is 0.310 e. The van der Waals surface area contributed by atoms with Gasteiger partial charge in [0.1, 0.15) is 0 Å². The molecule has 2 rings (SSSR count). The molecule has 1 nitrogen and oxygen atoms in total. The number of halogens is 3. The summed E-state index contributed by atoms with van der Waals surface area (Å²) in [5.41, 5.74) is 2.28. The van der Waals surface area contributed by atoms with Gasteiger partial charge in [0.05, 0.1) is 10.0 Å². The zero-order chi connectivity index (χ0) is 14.5. The molecule has 0 aliphatic rings. The van der Waals surface area contributed by atoms with Crippen molar-refractivity contribution in [3.8, 4) is 0 Å². The van der Waals surface area contributed by atoms with Crippen LogP contribution in [0.1, 0.15) is 24.1 Å². The van der Waals surface area contributed by atoms with Crippen LogP contribution in [-0.2, 0) is 6.42 Å². The van der Waals surface area contributed by atoms with E-state index < -0.39 is 0 Å². The maximum absolute atomic E-state index is 6.29. The van der Waals surface area contributed by atoms with Crippen molar-refractivity contribution < 1.29 is 0 Å². The van der Waals surface area contributed by atoms with Crippen LogP contribution in [0.2, 0.25) is 10.0 Å². The van der Waals surface area contributed by atoms with Gasteiger partial charge in [0.2, 0.25) is 0 Å². The van der Waals surface area contributed by atoms with Gasteiger partial charge < -0.3 is 5.32 Å². The van der Waals surface area contributed by atoms with Crippen molar-refractivity contribution in [3.05, 3.63) is 68.1 Å². The van der Waals surface area contributed by atoms with Crippen molar-refractivity contribution in [2.75, 3.05) is 6.54 Å². The molecule has 0 heterocycles. The fraction of sp³-hybridized carbons (Fsp3) is 0.250. The Bertz CT molecular complexity index is 586. The molecular formula is C16H16BrCl2N. The summed E-state index contributed by atoms with van der Waals surface area (Å²) in [4.78, 5) is 0. The smallest absolute Gasteiger partial charge is 0.0624 e. The number of nitrogens with one attached hydrogen (secondary N) is 1. The van der Waals surface area contributed by atoms with Crippen molar-refractivity contribution in [3.63, 3.8) is 0 Å². The Morgan fingerprint density at radius 1 is 1.10 bits per heavy atom. The molecule has 0 fully saturated rings. The van der Waals surface area contributed by atoms with Gasteiger partial charge in [-0.15, -0.1) is 0 Å². The van der Waals surface area contributed by atoms with Gasteiger partial charge in [-0.2, -0.15) is 0 Å². The van der Waals surface area contributed by atoms with Crippen LogP contribution in [0.3, 0.4) is 0 Å². The Kier molecular flexibility index (Phi) is 5.91. The average Bonchev–Trinajstić information content (AvgIpc) is 2.44. The number of hydrogen-bond donors (Lipinski definition) is 1. The minimum absolute atomic E-state index is 0.201. The van der Waals surface area contributed by atoms with E-state index in [2.05, 4.69) is 40.3 Å². The molecule has 0 bridgehead atoms. The molecule has 1 N–H and O–H groups in total. The molecule has 2 aromatic carbocycles. The molecule has 0 saturated carbocycles. The van der Waals surface area contributed by atoms with Crippen LogP contribution in [0.15, 0.2) is 46.9 Å². The van der Waals surface area contributed by atoms with Crippen molar-refractivity contribution in [1.82, 2.24) is 5.32 Å². The Morgan fingerprint density at radius 2 is 1.85 bits per heavy atom. The molecule has 1 unspecified atom stereocenters. The van der Waals surface area contributed by atoms with E-state index in [0.717, 1.165) is 23.0 Å². The Labute approximate surface area is 138 Å². The van der Waals surface area contributed by atoms with Crippen molar-refractivity contribution >= 4 is 39.1 Å². The quantitative estimate of drug-likeness (QED) is 0.714. The first-order chi connectivity index (χ1) is 9.63. The van der Waals surface area contributed by atoms with E-state index in [4.69, 9.17) is 23.2 Å². The Hall–Kier alpha value is -0.540. The van der Waals surface area contributed by atoms with E-state index in [-0.39, 0.29) is 6.04 Å². The second-order valence-corrected chi connectivity index (χ2v) is 6.19. The molecule has 0 radical (unpaired) electrons. The van der Waals surface area contributed by atoms with Gasteiger partial charge in [-0.3, -0.25) is 0 Å². The monoisotopic (exact) mass is 371 g/mol.